The van der Waals surface area contributed by atoms with E-state index in [1.54, 1.807) is 0 Å². The average molecular weight is 418 g/mol. The van der Waals surface area contributed by atoms with Crippen molar-refractivity contribution in [2.45, 2.75) is 57.8 Å². The van der Waals surface area contributed by atoms with E-state index in [9.17, 15) is 19.2 Å². The van der Waals surface area contributed by atoms with Crippen molar-refractivity contribution in [2.75, 3.05) is 7.11 Å². The van der Waals surface area contributed by atoms with Crippen LogP contribution in [0.15, 0.2) is 24.3 Å². The van der Waals surface area contributed by atoms with Crippen molar-refractivity contribution in [1.82, 2.24) is 10.2 Å². The van der Waals surface area contributed by atoms with E-state index in [0.29, 0.717) is 6.42 Å². The maximum absolute atomic E-state index is 13.1. The van der Waals surface area contributed by atoms with Gasteiger partial charge in [-0.2, -0.15) is 0 Å². The number of nitrogens with one attached hydrogen (secondary N) is 1. The number of primary amides is 1. The molecule has 1 aliphatic rings. The van der Waals surface area contributed by atoms with Crippen LogP contribution in [0.5, 0.6) is 0 Å². The van der Waals surface area contributed by atoms with Crippen LogP contribution in [0.25, 0.3) is 0 Å². The molecule has 0 unspecified atom stereocenters. The minimum Gasteiger partial charge on any atom is -0.467 e. The zero-order valence-corrected chi connectivity index (χ0v) is 17.6. The fourth-order valence-electron chi connectivity index (χ4n) is 3.41. The third-order valence-corrected chi connectivity index (χ3v) is 5.32. The highest BCUT2D eigenvalue weighted by molar-refractivity contribution is 5.93. The van der Waals surface area contributed by atoms with Gasteiger partial charge < -0.3 is 26.4 Å². The SMILES string of the molecule is COC(=O)[C@H](CCC(N)=O)NC(=O)[C@@H]1Cc2ccccc2CN1C(=O)[C@@H](N)C(C)C. The molecule has 1 aromatic rings. The molecule has 0 fully saturated rings. The summed E-state index contributed by atoms with van der Waals surface area (Å²) in [6, 6.07) is 4.94. The summed E-state index contributed by atoms with van der Waals surface area (Å²) in [6.07, 6.45) is 0.215. The summed E-state index contributed by atoms with van der Waals surface area (Å²) in [5.41, 5.74) is 13.1. The molecule has 0 saturated carbocycles. The number of esters is 1. The predicted octanol–water partition coefficient (Wildman–Crippen LogP) is -0.153. The van der Waals surface area contributed by atoms with Crippen LogP contribution in [-0.2, 0) is 36.9 Å². The number of hydrogen-bond acceptors (Lipinski definition) is 6. The first-order valence-electron chi connectivity index (χ1n) is 9.95. The molecule has 1 aliphatic heterocycles. The number of nitrogens with zero attached hydrogens (tertiary/aromatic N) is 1. The predicted molar refractivity (Wildman–Crippen MR) is 110 cm³/mol. The van der Waals surface area contributed by atoms with Crippen molar-refractivity contribution in [3.63, 3.8) is 0 Å². The molecule has 5 N–H and O–H groups in total. The Kier molecular flexibility index (Phi) is 7.93. The number of methoxy groups -OCH3 is 1. The lowest BCUT2D eigenvalue weighted by atomic mass is 9.91. The highest BCUT2D eigenvalue weighted by Crippen LogP contribution is 2.25. The van der Waals surface area contributed by atoms with Crippen molar-refractivity contribution in [3.05, 3.63) is 35.4 Å². The fourth-order valence-corrected chi connectivity index (χ4v) is 3.41. The van der Waals surface area contributed by atoms with Gasteiger partial charge in [0.1, 0.15) is 12.1 Å². The molecule has 0 aliphatic carbocycles. The molecule has 3 atom stereocenters. The molecule has 1 aromatic carbocycles. The van der Waals surface area contributed by atoms with E-state index in [2.05, 4.69) is 5.32 Å². The number of hydrogen-bond donors (Lipinski definition) is 3. The highest BCUT2D eigenvalue weighted by atomic mass is 16.5. The van der Waals surface area contributed by atoms with E-state index in [1.165, 1.54) is 12.0 Å². The number of amides is 3. The molecular weight excluding hydrogens is 388 g/mol. The molecule has 0 aromatic heterocycles. The lowest BCUT2D eigenvalue weighted by molar-refractivity contribution is -0.148. The van der Waals surface area contributed by atoms with Gasteiger partial charge in [0, 0.05) is 19.4 Å². The molecule has 0 spiro atoms. The zero-order chi connectivity index (χ0) is 22.4. The van der Waals surface area contributed by atoms with Gasteiger partial charge in [-0.25, -0.2) is 4.79 Å². The first-order valence-corrected chi connectivity index (χ1v) is 9.95. The second-order valence-corrected chi connectivity index (χ2v) is 7.81. The van der Waals surface area contributed by atoms with Crippen molar-refractivity contribution < 1.29 is 23.9 Å². The summed E-state index contributed by atoms with van der Waals surface area (Å²) in [7, 11) is 1.19. The van der Waals surface area contributed by atoms with Crippen molar-refractivity contribution in [2.24, 2.45) is 17.4 Å². The lowest BCUT2D eigenvalue weighted by Crippen LogP contribution is -2.59. The van der Waals surface area contributed by atoms with Gasteiger partial charge in [-0.1, -0.05) is 38.1 Å². The first kappa shape index (κ1) is 23.3. The third kappa shape index (κ3) is 5.56. The van der Waals surface area contributed by atoms with E-state index < -0.39 is 35.9 Å². The summed E-state index contributed by atoms with van der Waals surface area (Å²) in [5, 5.41) is 2.62. The molecule has 9 heteroatoms. The van der Waals surface area contributed by atoms with Crippen LogP contribution in [0.2, 0.25) is 0 Å². The minimum atomic E-state index is -1.04. The Morgan fingerprint density at radius 1 is 1.20 bits per heavy atom. The number of fused-ring (bicyclic) bond motifs is 1. The molecule has 0 radical (unpaired) electrons. The maximum atomic E-state index is 13.1. The zero-order valence-electron chi connectivity index (χ0n) is 17.6. The number of nitrogens with two attached hydrogens (primary N) is 2. The Morgan fingerprint density at radius 2 is 1.83 bits per heavy atom. The highest BCUT2D eigenvalue weighted by Gasteiger charge is 2.38. The maximum Gasteiger partial charge on any atom is 0.328 e. The van der Waals surface area contributed by atoms with Gasteiger partial charge in [0.25, 0.3) is 0 Å². The van der Waals surface area contributed by atoms with E-state index in [0.717, 1.165) is 11.1 Å². The molecule has 30 heavy (non-hydrogen) atoms. The Morgan fingerprint density at radius 3 is 2.40 bits per heavy atom. The Balaban J connectivity index is 2.28. The minimum absolute atomic E-state index is 0.0104. The van der Waals surface area contributed by atoms with Crippen LogP contribution in [0, 0.1) is 5.92 Å². The van der Waals surface area contributed by atoms with Gasteiger partial charge in [-0.05, 0) is 23.5 Å². The fraction of sp³-hybridized carbons (Fsp3) is 0.524. The monoisotopic (exact) mass is 418 g/mol. The molecule has 164 valence electrons. The van der Waals surface area contributed by atoms with Crippen LogP contribution in [0.4, 0.5) is 0 Å². The number of rotatable bonds is 8. The third-order valence-electron chi connectivity index (χ3n) is 5.32. The smallest absolute Gasteiger partial charge is 0.328 e. The van der Waals surface area contributed by atoms with Crippen LogP contribution in [0.3, 0.4) is 0 Å². The summed E-state index contributed by atoms with van der Waals surface area (Å²) in [6.45, 7) is 3.93. The lowest BCUT2D eigenvalue weighted by Gasteiger charge is -2.38. The van der Waals surface area contributed by atoms with Gasteiger partial charge in [-0.3, -0.25) is 14.4 Å². The van der Waals surface area contributed by atoms with Crippen LogP contribution in [-0.4, -0.2) is 53.8 Å². The van der Waals surface area contributed by atoms with Gasteiger partial charge >= 0.3 is 5.97 Å². The molecule has 9 nitrogen and oxygen atoms in total. The standard InChI is InChI=1S/C21H30N4O5/c1-12(2)18(23)20(28)25-11-14-7-5-4-6-13(14)10-16(25)19(27)24-15(21(29)30-3)8-9-17(22)26/h4-7,12,15-16,18H,8-11,23H2,1-3H3,(H2,22,26)(H,24,27)/t15-,16-,18-/m0/s1. The second kappa shape index (κ2) is 10.2. The summed E-state index contributed by atoms with van der Waals surface area (Å²) >= 11 is 0. The molecule has 3 amide bonds. The van der Waals surface area contributed by atoms with E-state index in [-0.39, 0.29) is 31.2 Å². The van der Waals surface area contributed by atoms with E-state index >= 15 is 0 Å². The van der Waals surface area contributed by atoms with Gasteiger partial charge in [-0.15, -0.1) is 0 Å². The largest absolute Gasteiger partial charge is 0.467 e. The Labute approximate surface area is 176 Å². The van der Waals surface area contributed by atoms with Crippen LogP contribution < -0.4 is 16.8 Å². The van der Waals surface area contributed by atoms with Crippen LogP contribution >= 0.6 is 0 Å². The number of carbonyl (C=O) groups is 4. The number of carbonyl (C=O) groups excluding carboxylic acids is 4. The molecule has 0 saturated heterocycles. The summed E-state index contributed by atoms with van der Waals surface area (Å²) in [5.74, 6) is -2.21. The normalized spacial score (nSPS) is 17.6. The number of ether oxygens (including phenoxy) is 1. The van der Waals surface area contributed by atoms with Crippen LogP contribution in [0.1, 0.15) is 37.8 Å². The van der Waals surface area contributed by atoms with Gasteiger partial charge in [0.2, 0.25) is 17.7 Å². The van der Waals surface area contributed by atoms with Crippen molar-refractivity contribution >= 4 is 23.7 Å². The topological polar surface area (TPSA) is 145 Å². The van der Waals surface area contributed by atoms with Gasteiger partial charge in [0.05, 0.1) is 13.2 Å². The summed E-state index contributed by atoms with van der Waals surface area (Å²) in [4.78, 5) is 50.8. The van der Waals surface area contributed by atoms with E-state index in [1.807, 2.05) is 38.1 Å². The summed E-state index contributed by atoms with van der Waals surface area (Å²) < 4.78 is 4.73. The first-order chi connectivity index (χ1) is 14.1. The molecule has 2 rings (SSSR count). The quantitative estimate of drug-likeness (QED) is 0.501. The second-order valence-electron chi connectivity index (χ2n) is 7.81. The van der Waals surface area contributed by atoms with Gasteiger partial charge in [0.15, 0.2) is 0 Å². The van der Waals surface area contributed by atoms with Crippen molar-refractivity contribution in [3.8, 4) is 0 Å². The molecule has 0 bridgehead atoms. The molecule has 1 heterocycles. The Bertz CT molecular complexity index is 810. The average Bonchev–Trinajstić information content (AvgIpc) is 2.73. The Hall–Kier alpha value is -2.94. The molecular formula is C21H30N4O5. The number of benzene rings is 1. The van der Waals surface area contributed by atoms with Crippen molar-refractivity contribution in [1.29, 1.82) is 0 Å². The van der Waals surface area contributed by atoms with E-state index in [4.69, 9.17) is 16.2 Å².